The molecule has 2 heterocycles. The van der Waals surface area contributed by atoms with Crippen molar-refractivity contribution in [2.24, 2.45) is 5.92 Å². The van der Waals surface area contributed by atoms with Gasteiger partial charge in [-0.3, -0.25) is 14.4 Å². The Labute approximate surface area is 126 Å². The molecule has 1 atom stereocenters. The second-order valence-electron chi connectivity index (χ2n) is 5.24. The standard InChI is InChI=1S/C14H14ClN3O3/c15-9-5-10-8(4-13(20)17-10)3-11(9)18-14(21)7-1-2-12(19)16-6-7/h3,5,7H,1-2,4,6H2,(H,16,19)(H,17,20)(H,18,21). The van der Waals surface area contributed by atoms with Gasteiger partial charge in [0.1, 0.15) is 0 Å². The third-order valence-electron chi connectivity index (χ3n) is 3.71. The minimum absolute atomic E-state index is 0.0285. The highest BCUT2D eigenvalue weighted by atomic mass is 35.5. The summed E-state index contributed by atoms with van der Waals surface area (Å²) < 4.78 is 0. The fourth-order valence-electron chi connectivity index (χ4n) is 2.54. The van der Waals surface area contributed by atoms with Crippen LogP contribution in [0.5, 0.6) is 0 Å². The Morgan fingerprint density at radius 3 is 2.81 bits per heavy atom. The Balaban J connectivity index is 1.73. The van der Waals surface area contributed by atoms with Crippen molar-refractivity contribution < 1.29 is 14.4 Å². The molecule has 3 rings (SSSR count). The molecule has 0 radical (unpaired) electrons. The summed E-state index contributed by atoms with van der Waals surface area (Å²) in [4.78, 5) is 34.6. The number of rotatable bonds is 2. The molecule has 110 valence electrons. The predicted octanol–water partition coefficient (Wildman–Crippen LogP) is 1.30. The zero-order valence-corrected chi connectivity index (χ0v) is 11.9. The normalized spacial score (nSPS) is 20.5. The molecule has 1 aromatic rings. The van der Waals surface area contributed by atoms with Crippen LogP contribution >= 0.6 is 11.6 Å². The molecule has 2 aliphatic heterocycles. The number of anilines is 2. The molecule has 6 nitrogen and oxygen atoms in total. The van der Waals surface area contributed by atoms with Gasteiger partial charge in [-0.2, -0.15) is 0 Å². The quantitative estimate of drug-likeness (QED) is 0.769. The largest absolute Gasteiger partial charge is 0.355 e. The zero-order chi connectivity index (χ0) is 15.0. The number of piperidine rings is 1. The van der Waals surface area contributed by atoms with E-state index in [4.69, 9.17) is 11.6 Å². The fourth-order valence-corrected chi connectivity index (χ4v) is 2.75. The molecule has 1 aromatic carbocycles. The molecular weight excluding hydrogens is 294 g/mol. The van der Waals surface area contributed by atoms with Crippen LogP contribution in [0.1, 0.15) is 18.4 Å². The Morgan fingerprint density at radius 1 is 1.29 bits per heavy atom. The van der Waals surface area contributed by atoms with Gasteiger partial charge in [0.2, 0.25) is 17.7 Å². The van der Waals surface area contributed by atoms with E-state index in [1.807, 2.05) is 0 Å². The topological polar surface area (TPSA) is 87.3 Å². The molecule has 0 aliphatic carbocycles. The first-order valence-corrected chi connectivity index (χ1v) is 7.10. The van der Waals surface area contributed by atoms with E-state index in [0.29, 0.717) is 35.8 Å². The average Bonchev–Trinajstić information content (AvgIpc) is 2.79. The van der Waals surface area contributed by atoms with Crippen molar-refractivity contribution in [3.05, 3.63) is 22.7 Å². The van der Waals surface area contributed by atoms with E-state index in [9.17, 15) is 14.4 Å². The molecule has 1 fully saturated rings. The number of carbonyl (C=O) groups is 3. The third-order valence-corrected chi connectivity index (χ3v) is 4.02. The van der Waals surface area contributed by atoms with Gasteiger partial charge >= 0.3 is 0 Å². The number of hydrogen-bond donors (Lipinski definition) is 3. The molecule has 0 spiro atoms. The summed E-state index contributed by atoms with van der Waals surface area (Å²) in [5.74, 6) is -0.542. The van der Waals surface area contributed by atoms with Crippen LogP contribution in [0, 0.1) is 5.92 Å². The summed E-state index contributed by atoms with van der Waals surface area (Å²) in [6.07, 6.45) is 1.17. The van der Waals surface area contributed by atoms with Gasteiger partial charge in [-0.1, -0.05) is 11.6 Å². The lowest BCUT2D eigenvalue weighted by atomic mass is 9.98. The van der Waals surface area contributed by atoms with Gasteiger partial charge in [0.25, 0.3) is 0 Å². The van der Waals surface area contributed by atoms with Crippen molar-refractivity contribution in [1.29, 1.82) is 0 Å². The first-order valence-electron chi connectivity index (χ1n) is 6.73. The number of nitrogens with one attached hydrogen (secondary N) is 3. The van der Waals surface area contributed by atoms with Crippen molar-refractivity contribution in [3.63, 3.8) is 0 Å². The smallest absolute Gasteiger partial charge is 0.229 e. The van der Waals surface area contributed by atoms with Gasteiger partial charge in [-0.15, -0.1) is 0 Å². The summed E-state index contributed by atoms with van der Waals surface area (Å²) in [6, 6.07) is 3.36. The van der Waals surface area contributed by atoms with Crippen molar-refractivity contribution in [2.75, 3.05) is 17.2 Å². The minimum Gasteiger partial charge on any atom is -0.355 e. The third kappa shape index (κ3) is 2.85. The summed E-state index contributed by atoms with van der Waals surface area (Å²) in [6.45, 7) is 0.341. The molecule has 1 unspecified atom stereocenters. The van der Waals surface area contributed by atoms with Crippen molar-refractivity contribution >= 4 is 40.7 Å². The SMILES string of the molecule is O=C1CCC(C(=O)Nc2cc3c(cc2Cl)NC(=O)C3)CN1. The van der Waals surface area contributed by atoms with Crippen LogP contribution in [0.2, 0.25) is 5.02 Å². The van der Waals surface area contributed by atoms with E-state index in [2.05, 4.69) is 16.0 Å². The van der Waals surface area contributed by atoms with Crippen LogP contribution in [0.3, 0.4) is 0 Å². The van der Waals surface area contributed by atoms with E-state index < -0.39 is 0 Å². The predicted molar refractivity (Wildman–Crippen MR) is 78.1 cm³/mol. The maximum atomic E-state index is 12.2. The first-order chi connectivity index (χ1) is 10.0. The van der Waals surface area contributed by atoms with Crippen molar-refractivity contribution in [1.82, 2.24) is 5.32 Å². The zero-order valence-electron chi connectivity index (χ0n) is 11.2. The summed E-state index contributed by atoms with van der Waals surface area (Å²) in [5, 5.41) is 8.53. The molecule has 3 amide bonds. The number of carbonyl (C=O) groups excluding carboxylic acids is 3. The molecular formula is C14H14ClN3O3. The lowest BCUT2D eigenvalue weighted by Gasteiger charge is -2.22. The second kappa shape index (κ2) is 5.37. The van der Waals surface area contributed by atoms with Crippen LogP contribution < -0.4 is 16.0 Å². The number of amides is 3. The van der Waals surface area contributed by atoms with E-state index in [-0.39, 0.29) is 30.1 Å². The molecule has 0 aromatic heterocycles. The van der Waals surface area contributed by atoms with Gasteiger partial charge in [0.15, 0.2) is 0 Å². The molecule has 0 saturated carbocycles. The average molecular weight is 308 g/mol. The molecule has 21 heavy (non-hydrogen) atoms. The highest BCUT2D eigenvalue weighted by Crippen LogP contribution is 2.33. The molecule has 2 aliphatic rings. The van der Waals surface area contributed by atoms with Crippen LogP contribution in [0.25, 0.3) is 0 Å². The van der Waals surface area contributed by atoms with E-state index in [0.717, 1.165) is 5.56 Å². The Bertz CT molecular complexity index is 635. The van der Waals surface area contributed by atoms with E-state index in [1.165, 1.54) is 0 Å². The Kier molecular flexibility index (Phi) is 3.55. The molecule has 1 saturated heterocycles. The molecule has 7 heteroatoms. The number of hydrogen-bond acceptors (Lipinski definition) is 3. The minimum atomic E-state index is -0.258. The van der Waals surface area contributed by atoms with Gasteiger partial charge in [0, 0.05) is 18.7 Å². The summed E-state index contributed by atoms with van der Waals surface area (Å²) in [5.41, 5.74) is 2.00. The van der Waals surface area contributed by atoms with Gasteiger partial charge in [-0.25, -0.2) is 0 Å². The van der Waals surface area contributed by atoms with Gasteiger partial charge in [-0.05, 0) is 24.1 Å². The Hall–Kier alpha value is -2.08. The van der Waals surface area contributed by atoms with E-state index >= 15 is 0 Å². The number of fused-ring (bicyclic) bond motifs is 1. The maximum absolute atomic E-state index is 12.2. The highest BCUT2D eigenvalue weighted by Gasteiger charge is 2.26. The highest BCUT2D eigenvalue weighted by molar-refractivity contribution is 6.34. The second-order valence-corrected chi connectivity index (χ2v) is 5.65. The lowest BCUT2D eigenvalue weighted by molar-refractivity contribution is -0.126. The summed E-state index contributed by atoms with van der Waals surface area (Å²) in [7, 11) is 0. The van der Waals surface area contributed by atoms with Crippen molar-refractivity contribution in [2.45, 2.75) is 19.3 Å². The van der Waals surface area contributed by atoms with Crippen LogP contribution in [0.15, 0.2) is 12.1 Å². The van der Waals surface area contributed by atoms with Gasteiger partial charge in [0.05, 0.1) is 23.0 Å². The monoisotopic (exact) mass is 307 g/mol. The fraction of sp³-hybridized carbons (Fsp3) is 0.357. The summed E-state index contributed by atoms with van der Waals surface area (Å²) >= 11 is 6.13. The Morgan fingerprint density at radius 2 is 2.10 bits per heavy atom. The molecule has 3 N–H and O–H groups in total. The van der Waals surface area contributed by atoms with Crippen LogP contribution in [-0.4, -0.2) is 24.3 Å². The number of benzene rings is 1. The molecule has 0 bridgehead atoms. The van der Waals surface area contributed by atoms with Crippen LogP contribution in [-0.2, 0) is 20.8 Å². The van der Waals surface area contributed by atoms with Crippen molar-refractivity contribution in [3.8, 4) is 0 Å². The van der Waals surface area contributed by atoms with E-state index in [1.54, 1.807) is 12.1 Å². The van der Waals surface area contributed by atoms with Crippen LogP contribution in [0.4, 0.5) is 11.4 Å². The first kappa shape index (κ1) is 13.9. The lowest BCUT2D eigenvalue weighted by Crippen LogP contribution is -2.40. The van der Waals surface area contributed by atoms with Gasteiger partial charge < -0.3 is 16.0 Å². The number of halogens is 1. The maximum Gasteiger partial charge on any atom is 0.229 e.